The molecule has 0 unspecified atom stereocenters. The lowest BCUT2D eigenvalue weighted by atomic mass is 10.1. The molecule has 2 aromatic heterocycles. The minimum Gasteiger partial charge on any atom is -0.453 e. The molecule has 0 fully saturated rings. The van der Waals surface area contributed by atoms with Gasteiger partial charge in [-0.25, -0.2) is 4.68 Å². The van der Waals surface area contributed by atoms with Gasteiger partial charge in [-0.05, 0) is 66.7 Å². The lowest BCUT2D eigenvalue weighted by Gasteiger charge is -2.01. The maximum Gasteiger partial charge on any atom is 0.221 e. The van der Waals surface area contributed by atoms with Gasteiger partial charge in [-0.1, -0.05) is 65.1 Å². The van der Waals surface area contributed by atoms with Crippen molar-refractivity contribution in [1.82, 2.24) is 9.78 Å². The number of ketones is 1. The molecule has 3 aromatic carbocycles. The van der Waals surface area contributed by atoms with Crippen LogP contribution in [0.5, 0.6) is 0 Å². The van der Waals surface area contributed by atoms with Crippen LogP contribution >= 0.6 is 34.8 Å². The fraction of sp³-hybridized carbons (Fsp3) is 0. The zero-order chi connectivity index (χ0) is 24.4. The van der Waals surface area contributed by atoms with Crippen molar-refractivity contribution in [3.63, 3.8) is 0 Å². The highest BCUT2D eigenvalue weighted by Crippen LogP contribution is 2.30. The summed E-state index contributed by atoms with van der Waals surface area (Å²) in [5.41, 5.74) is 4.03. The van der Waals surface area contributed by atoms with Gasteiger partial charge in [0.05, 0.1) is 21.4 Å². The van der Waals surface area contributed by atoms with Gasteiger partial charge in [0.1, 0.15) is 5.76 Å². The normalized spacial score (nSPS) is 11.3. The van der Waals surface area contributed by atoms with Crippen molar-refractivity contribution in [1.29, 1.82) is 0 Å². The molecular weight excluding hydrogens is 503 g/mol. The van der Waals surface area contributed by atoms with Crippen LogP contribution in [-0.2, 0) is 0 Å². The lowest BCUT2D eigenvalue weighted by molar-refractivity contribution is 0.102. The minimum absolute atomic E-state index is 0.214. The third-order valence-electron chi connectivity index (χ3n) is 5.35. The van der Waals surface area contributed by atoms with Gasteiger partial charge >= 0.3 is 0 Å². The molecule has 4 nitrogen and oxygen atoms in total. The monoisotopic (exact) mass is 518 g/mol. The third kappa shape index (κ3) is 5.10. The van der Waals surface area contributed by atoms with Crippen LogP contribution in [0.2, 0.25) is 15.1 Å². The van der Waals surface area contributed by atoms with Gasteiger partial charge in [0.15, 0.2) is 5.76 Å². The maximum absolute atomic E-state index is 12.9. The van der Waals surface area contributed by atoms with E-state index in [2.05, 4.69) is 0 Å². The van der Waals surface area contributed by atoms with E-state index in [4.69, 9.17) is 44.3 Å². The van der Waals surface area contributed by atoms with E-state index < -0.39 is 0 Å². The van der Waals surface area contributed by atoms with Crippen molar-refractivity contribution in [2.45, 2.75) is 0 Å². The smallest absolute Gasteiger partial charge is 0.221 e. The van der Waals surface area contributed by atoms with Crippen LogP contribution < -0.4 is 0 Å². The first-order valence-corrected chi connectivity index (χ1v) is 11.8. The van der Waals surface area contributed by atoms with Gasteiger partial charge in [0, 0.05) is 27.9 Å². The van der Waals surface area contributed by atoms with Gasteiger partial charge in [-0.3, -0.25) is 4.79 Å². The van der Waals surface area contributed by atoms with Crippen LogP contribution in [0.25, 0.3) is 34.3 Å². The summed E-state index contributed by atoms with van der Waals surface area (Å²) in [7, 11) is 0. The number of para-hydroxylation sites is 1. The molecule has 7 heteroatoms. The van der Waals surface area contributed by atoms with Gasteiger partial charge in [0.2, 0.25) is 5.78 Å². The van der Waals surface area contributed by atoms with E-state index in [9.17, 15) is 4.79 Å². The van der Waals surface area contributed by atoms with Crippen LogP contribution in [0.3, 0.4) is 0 Å². The summed E-state index contributed by atoms with van der Waals surface area (Å²) in [6.07, 6.45) is 5.09. The molecule has 0 amide bonds. The first-order valence-electron chi connectivity index (χ1n) is 10.7. The molecule has 5 rings (SSSR count). The molecule has 0 radical (unpaired) electrons. The fourth-order valence-corrected chi connectivity index (χ4v) is 4.00. The maximum atomic E-state index is 12.9. The van der Waals surface area contributed by atoms with Gasteiger partial charge in [-0.2, -0.15) is 5.10 Å². The molecule has 0 saturated carbocycles. The molecule has 0 aliphatic heterocycles. The van der Waals surface area contributed by atoms with E-state index in [0.29, 0.717) is 20.8 Å². The third-order valence-corrected chi connectivity index (χ3v) is 6.34. The Balaban J connectivity index is 1.45. The van der Waals surface area contributed by atoms with E-state index in [-0.39, 0.29) is 11.5 Å². The predicted octanol–water partition coefficient (Wildman–Crippen LogP) is 8.66. The van der Waals surface area contributed by atoms with Crippen molar-refractivity contribution in [3.8, 4) is 28.3 Å². The highest BCUT2D eigenvalue weighted by atomic mass is 35.5. The summed E-state index contributed by atoms with van der Waals surface area (Å²) in [5, 5.41) is 6.26. The van der Waals surface area contributed by atoms with E-state index in [1.807, 2.05) is 60.8 Å². The Kier molecular flexibility index (Phi) is 6.60. The van der Waals surface area contributed by atoms with Crippen LogP contribution in [0, 0.1) is 0 Å². The van der Waals surface area contributed by atoms with E-state index in [1.54, 1.807) is 41.1 Å². The minimum atomic E-state index is -0.272. The first kappa shape index (κ1) is 23.2. The fourth-order valence-electron chi connectivity index (χ4n) is 3.58. The highest BCUT2D eigenvalue weighted by Gasteiger charge is 2.14. The number of nitrogens with zero attached hydrogens (tertiary/aromatic N) is 2. The van der Waals surface area contributed by atoms with Crippen molar-refractivity contribution < 1.29 is 9.21 Å². The molecule has 0 aliphatic rings. The zero-order valence-electron chi connectivity index (χ0n) is 18.2. The highest BCUT2D eigenvalue weighted by molar-refractivity contribution is 6.42. The van der Waals surface area contributed by atoms with E-state index in [0.717, 1.165) is 28.1 Å². The van der Waals surface area contributed by atoms with E-state index in [1.165, 1.54) is 6.08 Å². The van der Waals surface area contributed by atoms with Crippen molar-refractivity contribution in [2.75, 3.05) is 0 Å². The Morgan fingerprint density at radius 3 is 2.31 bits per heavy atom. The Morgan fingerprint density at radius 2 is 1.57 bits per heavy atom. The topological polar surface area (TPSA) is 48.0 Å². The Bertz CT molecular complexity index is 1530. The Morgan fingerprint density at radius 1 is 0.829 bits per heavy atom. The van der Waals surface area contributed by atoms with Crippen LogP contribution in [0.1, 0.15) is 16.1 Å². The molecule has 0 bridgehead atoms. The average Bonchev–Trinajstić information content (AvgIpc) is 3.53. The summed E-state index contributed by atoms with van der Waals surface area (Å²) >= 11 is 18.2. The summed E-state index contributed by atoms with van der Waals surface area (Å²) in [6.45, 7) is 0. The SMILES string of the molecule is O=C(/C=C/c1cn(-c2ccccc2)nc1-c1ccc(Cl)cc1)c1ccc(-c2ccc(Cl)c(Cl)c2)o1. The number of halogens is 3. The summed E-state index contributed by atoms with van der Waals surface area (Å²) in [4.78, 5) is 12.9. The predicted molar refractivity (Wildman–Crippen MR) is 142 cm³/mol. The van der Waals surface area contributed by atoms with Crippen LogP contribution in [0.15, 0.2) is 102 Å². The number of rotatable bonds is 6. The molecule has 35 heavy (non-hydrogen) atoms. The standard InChI is InChI=1S/C28H17Cl3N2O2/c29-21-10-6-18(7-11-21)28-20(17-33(32-28)22-4-2-1-3-5-22)9-13-25(34)27-15-14-26(35-27)19-8-12-23(30)24(31)16-19/h1-17H/b13-9+. The number of aromatic nitrogens is 2. The number of benzene rings is 3. The number of hydrogen-bond acceptors (Lipinski definition) is 3. The quantitative estimate of drug-likeness (QED) is 0.167. The Labute approximate surface area is 217 Å². The molecule has 5 aromatic rings. The summed E-state index contributed by atoms with van der Waals surface area (Å²) in [5.74, 6) is 0.468. The lowest BCUT2D eigenvalue weighted by Crippen LogP contribution is -1.93. The molecular formula is C28H17Cl3N2O2. The van der Waals surface area contributed by atoms with Gasteiger partial charge < -0.3 is 4.42 Å². The van der Waals surface area contributed by atoms with Gasteiger partial charge in [-0.15, -0.1) is 0 Å². The second-order valence-corrected chi connectivity index (χ2v) is 8.96. The Hall–Kier alpha value is -3.57. The number of allylic oxidation sites excluding steroid dienone is 1. The molecule has 0 saturated heterocycles. The van der Waals surface area contributed by atoms with Crippen LogP contribution in [0.4, 0.5) is 0 Å². The van der Waals surface area contributed by atoms with Gasteiger partial charge in [0.25, 0.3) is 0 Å². The second-order valence-electron chi connectivity index (χ2n) is 7.71. The molecule has 0 aliphatic carbocycles. The number of carbonyl (C=O) groups excluding carboxylic acids is 1. The van der Waals surface area contributed by atoms with Crippen molar-refractivity contribution in [3.05, 3.63) is 124 Å². The number of furan rings is 1. The molecule has 172 valence electrons. The summed E-state index contributed by atoms with van der Waals surface area (Å²) < 4.78 is 7.56. The largest absolute Gasteiger partial charge is 0.453 e. The molecule has 0 spiro atoms. The van der Waals surface area contributed by atoms with Crippen molar-refractivity contribution >= 4 is 46.7 Å². The van der Waals surface area contributed by atoms with Crippen LogP contribution in [-0.4, -0.2) is 15.6 Å². The number of carbonyl (C=O) groups is 1. The van der Waals surface area contributed by atoms with E-state index >= 15 is 0 Å². The first-order chi connectivity index (χ1) is 17.0. The average molecular weight is 520 g/mol. The molecule has 2 heterocycles. The zero-order valence-corrected chi connectivity index (χ0v) is 20.4. The molecule has 0 N–H and O–H groups in total. The second kappa shape index (κ2) is 9.96. The summed E-state index contributed by atoms with van der Waals surface area (Å²) in [6, 6.07) is 25.7. The van der Waals surface area contributed by atoms with Crippen molar-refractivity contribution in [2.24, 2.45) is 0 Å². The molecule has 0 atom stereocenters. The number of hydrogen-bond donors (Lipinski definition) is 0.